The predicted molar refractivity (Wildman–Crippen MR) is 123 cm³/mol. The van der Waals surface area contributed by atoms with Crippen LogP contribution in [0.1, 0.15) is 62.0 Å². The molecular weight excluding hydrogens is 424 g/mol. The Morgan fingerprint density at radius 2 is 1.88 bits per heavy atom. The molecule has 1 aromatic carbocycles. The molecule has 4 rings (SSSR count). The Balaban J connectivity index is 0.000000709. The molecule has 0 aliphatic heterocycles. The minimum absolute atomic E-state index is 0.268. The first-order chi connectivity index (χ1) is 15.8. The number of hydrogen-bond acceptors (Lipinski definition) is 5. The number of rotatable bonds is 7. The number of ether oxygens (including phenoxy) is 1. The maximum absolute atomic E-state index is 12.2. The highest BCUT2D eigenvalue weighted by atomic mass is 16.6. The van der Waals surface area contributed by atoms with E-state index >= 15 is 0 Å². The lowest BCUT2D eigenvalue weighted by molar-refractivity contribution is -0.128. The summed E-state index contributed by atoms with van der Waals surface area (Å²) in [6.45, 7) is 5.19. The quantitative estimate of drug-likeness (QED) is 0.523. The van der Waals surface area contributed by atoms with Gasteiger partial charge in [-0.3, -0.25) is 4.79 Å². The van der Waals surface area contributed by atoms with Crippen molar-refractivity contribution in [3.8, 4) is 11.5 Å². The molecule has 8 nitrogen and oxygen atoms in total. The number of amides is 1. The number of nitrogens with one attached hydrogen (secondary N) is 1. The molecule has 1 aromatic heterocycles. The third kappa shape index (κ3) is 7.60. The normalized spacial score (nSPS) is 20.3. The van der Waals surface area contributed by atoms with Gasteiger partial charge in [-0.25, -0.2) is 9.78 Å². The van der Waals surface area contributed by atoms with Crippen molar-refractivity contribution in [3.63, 3.8) is 0 Å². The molecule has 1 heterocycles. The fraction of sp³-hybridized carbons (Fsp3) is 0.560. The third-order valence-corrected chi connectivity index (χ3v) is 6.36. The van der Waals surface area contributed by atoms with E-state index in [2.05, 4.69) is 29.4 Å². The van der Waals surface area contributed by atoms with E-state index in [0.29, 0.717) is 31.1 Å². The molecule has 1 amide bonds. The highest BCUT2D eigenvalue weighted by Gasteiger charge is 2.29. The van der Waals surface area contributed by atoms with Crippen molar-refractivity contribution < 1.29 is 29.0 Å². The van der Waals surface area contributed by atoms with Gasteiger partial charge in [-0.05, 0) is 64.0 Å². The highest BCUT2D eigenvalue weighted by molar-refractivity contribution is 5.79. The largest absolute Gasteiger partial charge is 0.503 e. The van der Waals surface area contributed by atoms with E-state index < -0.39 is 6.16 Å². The van der Waals surface area contributed by atoms with Crippen LogP contribution in [0.15, 0.2) is 28.7 Å². The van der Waals surface area contributed by atoms with Crippen molar-refractivity contribution in [3.05, 3.63) is 41.3 Å². The van der Waals surface area contributed by atoms with Gasteiger partial charge in [0.2, 0.25) is 11.8 Å². The van der Waals surface area contributed by atoms with Crippen LogP contribution < -0.4 is 5.32 Å². The standard InChI is InChI=1S/C24H32N2O3.CH2O3/c1-16-6-3-10-20(12-16)24-26-22(17(2)29-24)15-28-14-18-7-4-11-21(13-18)25-23(27)19-8-5-9-19;2-1(3)4/h3,6,10,12,18-19,21H,4-5,7-9,11,13-15H2,1-2H3,(H,25,27);(H2,2,3,4). The molecule has 2 aliphatic carbocycles. The van der Waals surface area contributed by atoms with Gasteiger partial charge in [0.1, 0.15) is 11.5 Å². The fourth-order valence-corrected chi connectivity index (χ4v) is 4.35. The monoisotopic (exact) mass is 458 g/mol. The molecule has 180 valence electrons. The average molecular weight is 459 g/mol. The number of carbonyl (C=O) groups excluding carboxylic acids is 1. The summed E-state index contributed by atoms with van der Waals surface area (Å²) >= 11 is 0. The van der Waals surface area contributed by atoms with E-state index in [1.54, 1.807) is 0 Å². The summed E-state index contributed by atoms with van der Waals surface area (Å²) in [5.41, 5.74) is 3.05. The third-order valence-electron chi connectivity index (χ3n) is 6.36. The molecule has 2 saturated carbocycles. The molecule has 2 fully saturated rings. The smallest absolute Gasteiger partial charge is 0.450 e. The summed E-state index contributed by atoms with van der Waals surface area (Å²) in [5.74, 6) is 2.50. The van der Waals surface area contributed by atoms with Crippen LogP contribution in [0.25, 0.3) is 11.5 Å². The second-order valence-corrected chi connectivity index (χ2v) is 9.06. The van der Waals surface area contributed by atoms with Crippen LogP contribution in [0.3, 0.4) is 0 Å². The Morgan fingerprint density at radius 3 is 2.55 bits per heavy atom. The summed E-state index contributed by atoms with van der Waals surface area (Å²) in [5, 5.41) is 17.2. The molecule has 0 saturated heterocycles. The number of carboxylic acid groups (broad SMARTS) is 2. The second-order valence-electron chi connectivity index (χ2n) is 9.06. The van der Waals surface area contributed by atoms with Gasteiger partial charge < -0.3 is 24.7 Å². The molecule has 3 N–H and O–H groups in total. The van der Waals surface area contributed by atoms with Gasteiger partial charge in [-0.1, -0.05) is 30.5 Å². The van der Waals surface area contributed by atoms with Crippen LogP contribution in [0.2, 0.25) is 0 Å². The second kappa shape index (κ2) is 11.8. The maximum atomic E-state index is 12.2. The Kier molecular flexibility index (Phi) is 8.88. The fourth-order valence-electron chi connectivity index (χ4n) is 4.35. The number of aryl methyl sites for hydroxylation is 2. The van der Waals surface area contributed by atoms with Crippen LogP contribution in [-0.2, 0) is 16.1 Å². The van der Waals surface area contributed by atoms with E-state index in [-0.39, 0.29) is 11.8 Å². The van der Waals surface area contributed by atoms with Gasteiger partial charge in [0.05, 0.1) is 6.61 Å². The van der Waals surface area contributed by atoms with Crippen molar-refractivity contribution in [2.24, 2.45) is 11.8 Å². The van der Waals surface area contributed by atoms with Gasteiger partial charge in [0.15, 0.2) is 0 Å². The zero-order chi connectivity index (χ0) is 23.8. The zero-order valence-corrected chi connectivity index (χ0v) is 19.4. The first-order valence-electron chi connectivity index (χ1n) is 11.6. The van der Waals surface area contributed by atoms with Gasteiger partial charge in [-0.15, -0.1) is 0 Å². The van der Waals surface area contributed by atoms with Crippen molar-refractivity contribution >= 4 is 12.1 Å². The van der Waals surface area contributed by atoms with Crippen molar-refractivity contribution in [2.75, 3.05) is 6.61 Å². The lowest BCUT2D eigenvalue weighted by Gasteiger charge is -2.32. The van der Waals surface area contributed by atoms with Gasteiger partial charge in [0, 0.05) is 24.1 Å². The van der Waals surface area contributed by atoms with E-state index in [4.69, 9.17) is 24.2 Å². The summed E-state index contributed by atoms with van der Waals surface area (Å²) in [6, 6.07) is 8.49. The van der Waals surface area contributed by atoms with E-state index in [9.17, 15) is 4.79 Å². The van der Waals surface area contributed by atoms with Crippen LogP contribution in [-0.4, -0.2) is 39.9 Å². The molecular formula is C25H34N2O6. The molecule has 2 unspecified atom stereocenters. The zero-order valence-electron chi connectivity index (χ0n) is 19.4. The Hall–Kier alpha value is -2.87. The Labute approximate surface area is 194 Å². The van der Waals surface area contributed by atoms with E-state index in [1.807, 2.05) is 19.1 Å². The van der Waals surface area contributed by atoms with Crippen LogP contribution >= 0.6 is 0 Å². The van der Waals surface area contributed by atoms with E-state index in [1.165, 1.54) is 18.4 Å². The number of hydrogen-bond donors (Lipinski definition) is 3. The molecule has 0 bridgehead atoms. The summed E-state index contributed by atoms with van der Waals surface area (Å²) in [6.07, 6.45) is 5.93. The molecule has 8 heteroatoms. The minimum atomic E-state index is -1.83. The molecule has 0 radical (unpaired) electrons. The number of carbonyl (C=O) groups is 2. The maximum Gasteiger partial charge on any atom is 0.503 e. The van der Waals surface area contributed by atoms with Crippen LogP contribution in [0.5, 0.6) is 0 Å². The molecule has 33 heavy (non-hydrogen) atoms. The van der Waals surface area contributed by atoms with Gasteiger partial charge >= 0.3 is 6.16 Å². The summed E-state index contributed by atoms with van der Waals surface area (Å²) in [7, 11) is 0. The van der Waals surface area contributed by atoms with Gasteiger partial charge in [-0.2, -0.15) is 0 Å². The van der Waals surface area contributed by atoms with Crippen LogP contribution in [0, 0.1) is 25.7 Å². The van der Waals surface area contributed by atoms with Gasteiger partial charge in [0.25, 0.3) is 0 Å². The molecule has 2 aromatic rings. The molecule has 2 atom stereocenters. The minimum Gasteiger partial charge on any atom is -0.450 e. The Morgan fingerprint density at radius 1 is 1.15 bits per heavy atom. The van der Waals surface area contributed by atoms with Crippen molar-refractivity contribution in [1.82, 2.24) is 10.3 Å². The summed E-state index contributed by atoms with van der Waals surface area (Å²) < 4.78 is 11.9. The lowest BCUT2D eigenvalue weighted by Crippen LogP contribution is -2.43. The van der Waals surface area contributed by atoms with Crippen LogP contribution in [0.4, 0.5) is 4.79 Å². The number of benzene rings is 1. The number of aromatic nitrogens is 1. The van der Waals surface area contributed by atoms with Crippen molar-refractivity contribution in [1.29, 1.82) is 0 Å². The summed E-state index contributed by atoms with van der Waals surface area (Å²) in [4.78, 5) is 25.4. The SMILES string of the molecule is Cc1cccc(-c2nc(COCC3CCCC(NC(=O)C4CCC4)C3)c(C)o2)c1.O=C(O)O. The topological polar surface area (TPSA) is 122 Å². The molecule has 0 spiro atoms. The van der Waals surface area contributed by atoms with E-state index in [0.717, 1.165) is 49.1 Å². The Bertz CT molecular complexity index is 933. The molecule has 2 aliphatic rings. The first-order valence-corrected chi connectivity index (χ1v) is 11.6. The highest BCUT2D eigenvalue weighted by Crippen LogP contribution is 2.29. The average Bonchev–Trinajstić information content (AvgIpc) is 3.07. The lowest BCUT2D eigenvalue weighted by atomic mass is 9.83. The van der Waals surface area contributed by atoms with Crippen molar-refractivity contribution in [2.45, 2.75) is 71.4 Å². The first kappa shape index (κ1) is 24.8. The number of nitrogens with zero attached hydrogens (tertiary/aromatic N) is 1. The number of oxazole rings is 1. The predicted octanol–water partition coefficient (Wildman–Crippen LogP) is 5.17.